The van der Waals surface area contributed by atoms with Crippen molar-refractivity contribution in [3.05, 3.63) is 35.1 Å². The third kappa shape index (κ3) is 3.55. The Hall–Kier alpha value is -2.30. The molecule has 122 valence electrons. The van der Waals surface area contributed by atoms with E-state index in [1.165, 1.54) is 0 Å². The molecule has 0 spiro atoms. The molecule has 1 heterocycles. The number of hydrogen-bond acceptors (Lipinski definition) is 4. The minimum absolute atomic E-state index is 0.0938. The van der Waals surface area contributed by atoms with Gasteiger partial charge in [-0.3, -0.25) is 9.59 Å². The summed E-state index contributed by atoms with van der Waals surface area (Å²) in [7, 11) is 0. The van der Waals surface area contributed by atoms with Gasteiger partial charge >= 0.3 is 5.97 Å². The van der Waals surface area contributed by atoms with E-state index in [0.717, 1.165) is 40.5 Å². The van der Waals surface area contributed by atoms with E-state index >= 15 is 0 Å². The lowest BCUT2D eigenvalue weighted by Crippen LogP contribution is -2.37. The molecule has 1 N–H and O–H groups in total. The summed E-state index contributed by atoms with van der Waals surface area (Å²) in [5.74, 6) is -0.659. The lowest BCUT2D eigenvalue weighted by molar-refractivity contribution is -0.154. The molecule has 5 heteroatoms. The van der Waals surface area contributed by atoms with Crippen LogP contribution in [0.25, 0.3) is 11.0 Å². The van der Waals surface area contributed by atoms with Crippen molar-refractivity contribution in [3.63, 3.8) is 0 Å². The standard InChI is InChI=1S/C18H21NO4/c1-10-6-15-13(9-22-16(15)7-11(10)2)8-17(20)23-12(3)18(21)19-14-4-5-14/h6-7,9,12,14H,4-5,8H2,1-3H3,(H,19,21)/t12-/m1/s1. The molecule has 0 radical (unpaired) electrons. The van der Waals surface area contributed by atoms with Gasteiger partial charge in [-0.25, -0.2) is 0 Å². The summed E-state index contributed by atoms with van der Waals surface area (Å²) >= 11 is 0. The molecular formula is C18H21NO4. The number of hydrogen-bond donors (Lipinski definition) is 1. The average Bonchev–Trinajstić information content (AvgIpc) is 3.23. The first-order valence-electron chi connectivity index (χ1n) is 7.91. The summed E-state index contributed by atoms with van der Waals surface area (Å²) in [6, 6.07) is 4.23. The van der Waals surface area contributed by atoms with Crippen LogP contribution in [0.5, 0.6) is 0 Å². The van der Waals surface area contributed by atoms with Crippen molar-refractivity contribution in [2.75, 3.05) is 0 Å². The predicted octanol–water partition coefficient (Wildman–Crippen LogP) is 2.80. The summed E-state index contributed by atoms with van der Waals surface area (Å²) in [6.07, 6.45) is 2.92. The normalized spacial score (nSPS) is 15.4. The van der Waals surface area contributed by atoms with Crippen LogP contribution in [0.15, 0.2) is 22.8 Å². The number of benzene rings is 1. The zero-order valence-corrected chi connectivity index (χ0v) is 13.6. The van der Waals surface area contributed by atoms with Crippen molar-refractivity contribution in [2.24, 2.45) is 0 Å². The maximum atomic E-state index is 12.1. The number of amides is 1. The lowest BCUT2D eigenvalue weighted by Gasteiger charge is -2.12. The first-order chi connectivity index (χ1) is 10.9. The van der Waals surface area contributed by atoms with Crippen LogP contribution in [0, 0.1) is 13.8 Å². The molecule has 0 aliphatic heterocycles. The Morgan fingerprint density at radius 2 is 2.00 bits per heavy atom. The predicted molar refractivity (Wildman–Crippen MR) is 86.1 cm³/mol. The molecule has 0 saturated heterocycles. The van der Waals surface area contributed by atoms with Gasteiger partial charge in [-0.2, -0.15) is 0 Å². The molecule has 1 aliphatic rings. The number of carbonyl (C=O) groups is 2. The number of aryl methyl sites for hydroxylation is 2. The average molecular weight is 315 g/mol. The Balaban J connectivity index is 1.65. The van der Waals surface area contributed by atoms with Crippen LogP contribution < -0.4 is 5.32 Å². The van der Waals surface area contributed by atoms with E-state index in [1.54, 1.807) is 13.2 Å². The number of furan rings is 1. The minimum Gasteiger partial charge on any atom is -0.464 e. The number of ether oxygens (including phenoxy) is 1. The minimum atomic E-state index is -0.773. The summed E-state index contributed by atoms with van der Waals surface area (Å²) in [4.78, 5) is 23.9. The highest BCUT2D eigenvalue weighted by Crippen LogP contribution is 2.25. The van der Waals surface area contributed by atoms with E-state index in [9.17, 15) is 9.59 Å². The monoisotopic (exact) mass is 315 g/mol. The van der Waals surface area contributed by atoms with Crippen LogP contribution >= 0.6 is 0 Å². The maximum Gasteiger partial charge on any atom is 0.311 e. The highest BCUT2D eigenvalue weighted by molar-refractivity contribution is 5.88. The fourth-order valence-corrected chi connectivity index (χ4v) is 2.47. The molecule has 1 atom stereocenters. The first kappa shape index (κ1) is 15.6. The van der Waals surface area contributed by atoms with Crippen molar-refractivity contribution < 1.29 is 18.7 Å². The largest absolute Gasteiger partial charge is 0.464 e. The van der Waals surface area contributed by atoms with E-state index in [1.807, 2.05) is 26.0 Å². The Morgan fingerprint density at radius 3 is 2.70 bits per heavy atom. The quantitative estimate of drug-likeness (QED) is 0.862. The van der Waals surface area contributed by atoms with E-state index in [2.05, 4.69) is 5.32 Å². The second-order valence-corrected chi connectivity index (χ2v) is 6.29. The van der Waals surface area contributed by atoms with E-state index in [0.29, 0.717) is 0 Å². The van der Waals surface area contributed by atoms with E-state index in [4.69, 9.17) is 9.15 Å². The number of esters is 1. The van der Waals surface area contributed by atoms with Gasteiger partial charge in [-0.1, -0.05) is 0 Å². The lowest BCUT2D eigenvalue weighted by atomic mass is 10.0. The highest BCUT2D eigenvalue weighted by atomic mass is 16.5. The van der Waals surface area contributed by atoms with Gasteiger partial charge in [0.1, 0.15) is 5.58 Å². The zero-order chi connectivity index (χ0) is 16.6. The van der Waals surface area contributed by atoms with Crippen LogP contribution in [-0.2, 0) is 20.7 Å². The smallest absolute Gasteiger partial charge is 0.311 e. The molecule has 1 aromatic heterocycles. The van der Waals surface area contributed by atoms with Gasteiger partial charge in [0, 0.05) is 17.0 Å². The summed E-state index contributed by atoms with van der Waals surface area (Å²) < 4.78 is 10.7. The van der Waals surface area contributed by atoms with E-state index < -0.39 is 12.1 Å². The molecule has 3 rings (SSSR count). The fraction of sp³-hybridized carbons (Fsp3) is 0.444. The fourth-order valence-electron chi connectivity index (χ4n) is 2.47. The number of nitrogens with one attached hydrogen (secondary N) is 1. The van der Waals surface area contributed by atoms with Crippen molar-refractivity contribution in [1.29, 1.82) is 0 Å². The van der Waals surface area contributed by atoms with Gasteiger partial charge in [-0.15, -0.1) is 0 Å². The first-order valence-corrected chi connectivity index (χ1v) is 7.91. The second-order valence-electron chi connectivity index (χ2n) is 6.29. The van der Waals surface area contributed by atoms with Crippen LogP contribution in [0.2, 0.25) is 0 Å². The summed E-state index contributed by atoms with van der Waals surface area (Å²) in [5, 5.41) is 3.74. The SMILES string of the molecule is Cc1cc2occ(CC(=O)O[C@H](C)C(=O)NC3CC3)c2cc1C. The Bertz CT molecular complexity index is 758. The van der Waals surface area contributed by atoms with E-state index in [-0.39, 0.29) is 18.4 Å². The molecule has 1 saturated carbocycles. The second kappa shape index (κ2) is 6.07. The molecule has 1 amide bonds. The Labute approximate surface area is 135 Å². The topological polar surface area (TPSA) is 68.5 Å². The van der Waals surface area contributed by atoms with Crippen LogP contribution in [0.1, 0.15) is 36.5 Å². The molecule has 1 aliphatic carbocycles. The van der Waals surface area contributed by atoms with Gasteiger partial charge in [0.05, 0.1) is 12.7 Å². The van der Waals surface area contributed by atoms with Crippen molar-refractivity contribution in [2.45, 2.75) is 52.2 Å². The number of fused-ring (bicyclic) bond motifs is 1. The third-order valence-corrected chi connectivity index (χ3v) is 4.21. The highest BCUT2D eigenvalue weighted by Gasteiger charge is 2.27. The number of rotatable bonds is 5. The molecule has 2 aromatic rings. The molecule has 0 bridgehead atoms. The molecule has 0 unspecified atom stereocenters. The maximum absolute atomic E-state index is 12.1. The van der Waals surface area contributed by atoms with Gasteiger partial charge < -0.3 is 14.5 Å². The van der Waals surface area contributed by atoms with Crippen LogP contribution in [0.3, 0.4) is 0 Å². The van der Waals surface area contributed by atoms with Crippen molar-refractivity contribution in [3.8, 4) is 0 Å². The Morgan fingerprint density at radius 1 is 1.30 bits per heavy atom. The van der Waals surface area contributed by atoms with Gasteiger partial charge in [0.15, 0.2) is 6.10 Å². The zero-order valence-electron chi connectivity index (χ0n) is 13.6. The van der Waals surface area contributed by atoms with Gasteiger partial charge in [0.2, 0.25) is 0 Å². The Kier molecular flexibility index (Phi) is 4.11. The van der Waals surface area contributed by atoms with Crippen molar-refractivity contribution >= 4 is 22.8 Å². The summed E-state index contributed by atoms with van der Waals surface area (Å²) in [5.41, 5.74) is 3.83. The number of carbonyl (C=O) groups excluding carboxylic acids is 2. The molecule has 1 fully saturated rings. The molecular weight excluding hydrogens is 294 g/mol. The van der Waals surface area contributed by atoms with Crippen LogP contribution in [0.4, 0.5) is 0 Å². The molecule has 1 aromatic carbocycles. The molecule has 23 heavy (non-hydrogen) atoms. The van der Waals surface area contributed by atoms with Crippen LogP contribution in [-0.4, -0.2) is 24.0 Å². The van der Waals surface area contributed by atoms with Gasteiger partial charge in [0.25, 0.3) is 5.91 Å². The third-order valence-electron chi connectivity index (χ3n) is 4.21. The summed E-state index contributed by atoms with van der Waals surface area (Å²) in [6.45, 7) is 5.64. The van der Waals surface area contributed by atoms with Gasteiger partial charge in [-0.05, 0) is 56.9 Å². The molecule has 5 nitrogen and oxygen atoms in total. The van der Waals surface area contributed by atoms with Crippen molar-refractivity contribution in [1.82, 2.24) is 5.32 Å².